The van der Waals surface area contributed by atoms with Crippen LogP contribution in [0.4, 0.5) is 0 Å². The van der Waals surface area contributed by atoms with E-state index in [-0.39, 0.29) is 0 Å². The molecule has 1 aliphatic rings. The number of hydrogen-bond donors (Lipinski definition) is 1. The Bertz CT molecular complexity index is 377. The van der Waals surface area contributed by atoms with E-state index in [4.69, 9.17) is 5.73 Å². The Morgan fingerprint density at radius 2 is 2.06 bits per heavy atom. The van der Waals surface area contributed by atoms with Crippen LogP contribution in [0.15, 0.2) is 0 Å². The number of hydrogen-bond acceptors (Lipinski definition) is 3. The minimum Gasteiger partial charge on any atom is -0.325 e. The van der Waals surface area contributed by atoms with Gasteiger partial charge in [-0.2, -0.15) is 5.10 Å². The summed E-state index contributed by atoms with van der Waals surface area (Å²) in [6.45, 7) is 11.6. The second kappa shape index (κ2) is 4.18. The van der Waals surface area contributed by atoms with Gasteiger partial charge < -0.3 is 5.73 Å². The summed E-state index contributed by atoms with van der Waals surface area (Å²) < 4.78 is 2.08. The van der Waals surface area contributed by atoms with Crippen molar-refractivity contribution >= 4 is 0 Å². The van der Waals surface area contributed by atoms with E-state index in [1.807, 2.05) is 0 Å². The molecule has 1 fully saturated rings. The van der Waals surface area contributed by atoms with E-state index in [2.05, 4.69) is 42.4 Å². The molecule has 0 aromatic carbocycles. The smallest absolute Gasteiger partial charge is 0.0644 e. The molecule has 1 aromatic rings. The van der Waals surface area contributed by atoms with Crippen LogP contribution in [0.1, 0.15) is 36.8 Å². The van der Waals surface area contributed by atoms with Gasteiger partial charge in [-0.25, -0.2) is 0 Å². The predicted octanol–water partition coefficient (Wildman–Crippen LogP) is 1.22. The van der Waals surface area contributed by atoms with Crippen LogP contribution in [-0.2, 0) is 6.54 Å². The molecule has 0 amide bonds. The highest BCUT2D eigenvalue weighted by Crippen LogP contribution is 2.29. The molecule has 2 rings (SSSR count). The van der Waals surface area contributed by atoms with Crippen LogP contribution >= 0.6 is 0 Å². The largest absolute Gasteiger partial charge is 0.325 e. The van der Waals surface area contributed by atoms with Gasteiger partial charge in [-0.1, -0.05) is 0 Å². The molecule has 2 heterocycles. The molecule has 4 nitrogen and oxygen atoms in total. The predicted molar refractivity (Wildman–Crippen MR) is 65.3 cm³/mol. The lowest BCUT2D eigenvalue weighted by atomic mass is 9.99. The van der Waals surface area contributed by atoms with E-state index in [1.54, 1.807) is 0 Å². The summed E-state index contributed by atoms with van der Waals surface area (Å²) in [6, 6.07) is 0.810. The van der Waals surface area contributed by atoms with Crippen molar-refractivity contribution in [1.82, 2.24) is 14.7 Å². The molecule has 1 aliphatic heterocycles. The van der Waals surface area contributed by atoms with Crippen molar-refractivity contribution in [2.24, 2.45) is 5.73 Å². The Labute approximate surface area is 97.4 Å². The number of nitrogens with two attached hydrogens (primary N) is 1. The molecular weight excluding hydrogens is 200 g/mol. The normalized spacial score (nSPS) is 19.8. The van der Waals surface area contributed by atoms with Crippen LogP contribution in [0.5, 0.6) is 0 Å². The van der Waals surface area contributed by atoms with Gasteiger partial charge in [0.1, 0.15) is 0 Å². The third-order valence-corrected chi connectivity index (χ3v) is 3.64. The third-order valence-electron chi connectivity index (χ3n) is 3.64. The topological polar surface area (TPSA) is 47.1 Å². The van der Waals surface area contributed by atoms with Gasteiger partial charge in [0.25, 0.3) is 0 Å². The van der Waals surface area contributed by atoms with Crippen molar-refractivity contribution < 1.29 is 0 Å². The maximum absolute atomic E-state index is 5.83. The molecule has 0 saturated carbocycles. The highest BCUT2D eigenvalue weighted by molar-refractivity contribution is 5.28. The van der Waals surface area contributed by atoms with Gasteiger partial charge >= 0.3 is 0 Å². The fraction of sp³-hybridized carbons (Fsp3) is 0.750. The molecule has 0 aliphatic carbocycles. The molecule has 1 saturated heterocycles. The first-order chi connectivity index (χ1) is 7.54. The fourth-order valence-corrected chi connectivity index (χ4v) is 2.67. The SMILES string of the molecule is CCn1nc(C)c(C(C)N2CC(N)C2)c1C. The first-order valence-corrected chi connectivity index (χ1v) is 6.08. The van der Waals surface area contributed by atoms with Gasteiger partial charge in [-0.3, -0.25) is 9.58 Å². The van der Waals surface area contributed by atoms with E-state index < -0.39 is 0 Å². The van der Waals surface area contributed by atoms with Gasteiger partial charge in [-0.15, -0.1) is 0 Å². The lowest BCUT2D eigenvalue weighted by molar-refractivity contribution is 0.103. The summed E-state index contributed by atoms with van der Waals surface area (Å²) in [5, 5.41) is 4.57. The molecule has 90 valence electrons. The number of nitrogens with zero attached hydrogens (tertiary/aromatic N) is 3. The summed E-state index contributed by atoms with van der Waals surface area (Å²) >= 11 is 0. The lowest BCUT2D eigenvalue weighted by Gasteiger charge is -2.41. The first kappa shape index (κ1) is 11.6. The zero-order valence-corrected chi connectivity index (χ0v) is 10.7. The fourth-order valence-electron chi connectivity index (χ4n) is 2.67. The second-order valence-corrected chi connectivity index (χ2v) is 4.79. The van der Waals surface area contributed by atoms with E-state index >= 15 is 0 Å². The first-order valence-electron chi connectivity index (χ1n) is 6.08. The van der Waals surface area contributed by atoms with Crippen LogP contribution < -0.4 is 5.73 Å². The van der Waals surface area contributed by atoms with Gasteiger partial charge in [0, 0.05) is 43.0 Å². The zero-order valence-electron chi connectivity index (χ0n) is 10.7. The van der Waals surface area contributed by atoms with Crippen molar-refractivity contribution in [1.29, 1.82) is 0 Å². The molecule has 1 atom stereocenters. The highest BCUT2D eigenvalue weighted by atomic mass is 15.3. The van der Waals surface area contributed by atoms with Gasteiger partial charge in [-0.05, 0) is 27.7 Å². The average Bonchev–Trinajstić information content (AvgIpc) is 2.48. The Balaban J connectivity index is 2.22. The van der Waals surface area contributed by atoms with Crippen molar-refractivity contribution in [3.63, 3.8) is 0 Å². The molecule has 0 bridgehead atoms. The van der Waals surface area contributed by atoms with E-state index in [0.717, 1.165) is 25.3 Å². The van der Waals surface area contributed by atoms with Crippen LogP contribution in [-0.4, -0.2) is 33.8 Å². The van der Waals surface area contributed by atoms with Crippen molar-refractivity contribution in [3.8, 4) is 0 Å². The lowest BCUT2D eigenvalue weighted by Crippen LogP contribution is -2.56. The monoisotopic (exact) mass is 222 g/mol. The molecule has 1 aromatic heterocycles. The Hall–Kier alpha value is -0.870. The molecular formula is C12H22N4. The van der Waals surface area contributed by atoms with Gasteiger partial charge in [0.15, 0.2) is 0 Å². The van der Waals surface area contributed by atoms with Crippen molar-refractivity contribution in [2.75, 3.05) is 13.1 Å². The Morgan fingerprint density at radius 1 is 1.44 bits per heavy atom. The summed E-state index contributed by atoms with van der Waals surface area (Å²) in [5.74, 6) is 0. The number of aromatic nitrogens is 2. The standard InChI is InChI=1S/C12H22N4/c1-5-16-10(4)12(8(2)14-16)9(3)15-6-11(13)7-15/h9,11H,5-7,13H2,1-4H3. The molecule has 0 spiro atoms. The summed E-state index contributed by atoms with van der Waals surface area (Å²) in [6.07, 6.45) is 0. The van der Waals surface area contributed by atoms with Gasteiger partial charge in [0.05, 0.1) is 5.69 Å². The molecule has 0 radical (unpaired) electrons. The van der Waals surface area contributed by atoms with E-state index in [9.17, 15) is 0 Å². The summed E-state index contributed by atoms with van der Waals surface area (Å²) in [5.41, 5.74) is 9.67. The van der Waals surface area contributed by atoms with Crippen LogP contribution in [0.2, 0.25) is 0 Å². The average molecular weight is 222 g/mol. The quantitative estimate of drug-likeness (QED) is 0.836. The van der Waals surface area contributed by atoms with E-state index in [1.165, 1.54) is 11.3 Å². The third kappa shape index (κ3) is 1.76. The molecule has 4 heteroatoms. The number of aryl methyl sites for hydroxylation is 2. The molecule has 2 N–H and O–H groups in total. The maximum Gasteiger partial charge on any atom is 0.0644 e. The van der Waals surface area contributed by atoms with Crippen molar-refractivity contribution in [3.05, 3.63) is 17.0 Å². The van der Waals surface area contributed by atoms with Crippen LogP contribution in [0.25, 0.3) is 0 Å². The van der Waals surface area contributed by atoms with Crippen LogP contribution in [0.3, 0.4) is 0 Å². The minimum absolute atomic E-state index is 0.365. The number of rotatable bonds is 3. The summed E-state index contributed by atoms with van der Waals surface area (Å²) in [4.78, 5) is 2.42. The molecule has 16 heavy (non-hydrogen) atoms. The maximum atomic E-state index is 5.83. The highest BCUT2D eigenvalue weighted by Gasteiger charge is 2.30. The number of likely N-dealkylation sites (tertiary alicyclic amines) is 1. The second-order valence-electron chi connectivity index (χ2n) is 4.79. The van der Waals surface area contributed by atoms with Crippen molar-refractivity contribution in [2.45, 2.75) is 46.3 Å². The van der Waals surface area contributed by atoms with Gasteiger partial charge in [0.2, 0.25) is 0 Å². The van der Waals surface area contributed by atoms with Crippen LogP contribution in [0, 0.1) is 13.8 Å². The Morgan fingerprint density at radius 3 is 2.50 bits per heavy atom. The zero-order chi connectivity index (χ0) is 11.9. The van der Waals surface area contributed by atoms with E-state index in [0.29, 0.717) is 12.1 Å². The summed E-state index contributed by atoms with van der Waals surface area (Å²) in [7, 11) is 0. The minimum atomic E-state index is 0.365. The Kier molecular flexibility index (Phi) is 3.04. The molecule has 1 unspecified atom stereocenters.